The number of fused-ring (bicyclic) bond motifs is 1. The van der Waals surface area contributed by atoms with E-state index in [0.717, 1.165) is 0 Å². The summed E-state index contributed by atoms with van der Waals surface area (Å²) in [4.78, 5) is 22.7. The molecule has 1 amide bonds. The average Bonchev–Trinajstić information content (AvgIpc) is 2.84. The lowest BCUT2D eigenvalue weighted by molar-refractivity contribution is -0.0558. The molecule has 11 heteroatoms. The van der Waals surface area contributed by atoms with Crippen LogP contribution >= 0.6 is 11.6 Å². The molecule has 1 fully saturated rings. The molecule has 1 aliphatic heterocycles. The Bertz CT molecular complexity index is 1250. The van der Waals surface area contributed by atoms with E-state index in [1.54, 1.807) is 23.1 Å². The summed E-state index contributed by atoms with van der Waals surface area (Å²) in [7, 11) is 1.54. The van der Waals surface area contributed by atoms with Crippen LogP contribution in [-0.4, -0.2) is 66.1 Å². The fourth-order valence-corrected chi connectivity index (χ4v) is 3.82. The van der Waals surface area contributed by atoms with Gasteiger partial charge in [0.15, 0.2) is 11.5 Å². The van der Waals surface area contributed by atoms with Crippen molar-refractivity contribution in [3.05, 3.63) is 47.5 Å². The van der Waals surface area contributed by atoms with Crippen molar-refractivity contribution in [3.8, 4) is 11.5 Å². The average molecular weight is 519 g/mol. The van der Waals surface area contributed by atoms with E-state index >= 15 is 0 Å². The lowest BCUT2D eigenvalue weighted by Crippen LogP contribution is -2.49. The van der Waals surface area contributed by atoms with Crippen LogP contribution in [0, 0.1) is 5.82 Å². The number of rotatable bonds is 6. The van der Waals surface area contributed by atoms with Gasteiger partial charge in [-0.2, -0.15) is 0 Å². The number of nitrogens with one attached hydrogen (secondary N) is 1. The standard InChI is InChI=1S/C25H28ClFN4O5/c1-25(2,3)36-24(32)31-7-8-34-16(12-31)13-35-22-10-17-20(11-21(22)33-4)28-14-29-23(17)30-15-5-6-19(27)18(26)9-15/h5-6,9-11,14,16H,7-8,12-13H2,1-4H3,(H,28,29,30)/t16-/m1/s1. The Hall–Kier alpha value is -3.37. The molecule has 4 rings (SSSR count). The van der Waals surface area contributed by atoms with Crippen molar-refractivity contribution in [1.82, 2.24) is 14.9 Å². The van der Waals surface area contributed by atoms with Crippen LogP contribution < -0.4 is 14.8 Å². The van der Waals surface area contributed by atoms with Crippen LogP contribution in [0.4, 0.5) is 20.7 Å². The number of halogens is 2. The van der Waals surface area contributed by atoms with Gasteiger partial charge in [-0.1, -0.05) is 11.6 Å². The van der Waals surface area contributed by atoms with E-state index in [2.05, 4.69) is 15.3 Å². The number of hydrogen-bond donors (Lipinski definition) is 1. The molecule has 2 heterocycles. The number of benzene rings is 2. The number of amides is 1. The van der Waals surface area contributed by atoms with Crippen LogP contribution in [-0.2, 0) is 9.47 Å². The monoisotopic (exact) mass is 518 g/mol. The molecule has 0 bridgehead atoms. The second-order valence-corrected chi connectivity index (χ2v) is 9.63. The first-order valence-electron chi connectivity index (χ1n) is 11.4. The van der Waals surface area contributed by atoms with E-state index in [1.165, 1.54) is 25.6 Å². The summed E-state index contributed by atoms with van der Waals surface area (Å²) in [6.07, 6.45) is 0.683. The third-order valence-corrected chi connectivity index (χ3v) is 5.61. The Balaban J connectivity index is 1.51. The zero-order valence-electron chi connectivity index (χ0n) is 20.5. The van der Waals surface area contributed by atoms with Crippen molar-refractivity contribution in [2.45, 2.75) is 32.5 Å². The first-order valence-corrected chi connectivity index (χ1v) is 11.8. The van der Waals surface area contributed by atoms with E-state index in [0.29, 0.717) is 53.6 Å². The van der Waals surface area contributed by atoms with E-state index in [-0.39, 0.29) is 23.8 Å². The van der Waals surface area contributed by atoms with Crippen LogP contribution in [0.25, 0.3) is 10.9 Å². The molecule has 1 saturated heterocycles. The van der Waals surface area contributed by atoms with Gasteiger partial charge >= 0.3 is 6.09 Å². The zero-order valence-corrected chi connectivity index (χ0v) is 21.3. The van der Waals surface area contributed by atoms with Crippen LogP contribution in [0.1, 0.15) is 20.8 Å². The van der Waals surface area contributed by atoms with Gasteiger partial charge in [0.2, 0.25) is 0 Å². The van der Waals surface area contributed by atoms with Gasteiger partial charge in [0.25, 0.3) is 0 Å². The maximum absolute atomic E-state index is 13.6. The van der Waals surface area contributed by atoms with Crippen LogP contribution in [0.15, 0.2) is 36.7 Å². The largest absolute Gasteiger partial charge is 0.493 e. The number of carbonyl (C=O) groups is 1. The third-order valence-electron chi connectivity index (χ3n) is 5.32. The number of ether oxygens (including phenoxy) is 4. The lowest BCUT2D eigenvalue weighted by atomic mass is 10.2. The first kappa shape index (κ1) is 25.7. The smallest absolute Gasteiger partial charge is 0.410 e. The van der Waals surface area contributed by atoms with Crippen molar-refractivity contribution in [2.24, 2.45) is 0 Å². The normalized spacial score (nSPS) is 16.1. The highest BCUT2D eigenvalue weighted by Crippen LogP contribution is 2.35. The number of hydrogen-bond acceptors (Lipinski definition) is 8. The van der Waals surface area contributed by atoms with Crippen molar-refractivity contribution in [2.75, 3.05) is 38.7 Å². The van der Waals surface area contributed by atoms with Crippen LogP contribution in [0.3, 0.4) is 0 Å². The van der Waals surface area contributed by atoms with E-state index in [9.17, 15) is 9.18 Å². The van der Waals surface area contributed by atoms with E-state index in [1.807, 2.05) is 20.8 Å². The fourth-order valence-electron chi connectivity index (χ4n) is 3.64. The minimum atomic E-state index is -0.576. The summed E-state index contributed by atoms with van der Waals surface area (Å²) >= 11 is 5.91. The maximum atomic E-state index is 13.6. The second kappa shape index (κ2) is 10.7. The highest BCUT2D eigenvalue weighted by molar-refractivity contribution is 6.31. The summed E-state index contributed by atoms with van der Waals surface area (Å²) in [5, 5.41) is 3.80. The summed E-state index contributed by atoms with van der Waals surface area (Å²) in [5.74, 6) is 0.917. The minimum Gasteiger partial charge on any atom is -0.493 e. The van der Waals surface area contributed by atoms with Crippen molar-refractivity contribution < 1.29 is 28.1 Å². The molecule has 9 nitrogen and oxygen atoms in total. The van der Waals surface area contributed by atoms with Crippen molar-refractivity contribution in [3.63, 3.8) is 0 Å². The Labute approximate surface area is 213 Å². The van der Waals surface area contributed by atoms with Crippen LogP contribution in [0.5, 0.6) is 11.5 Å². The molecule has 0 aliphatic carbocycles. The molecule has 0 spiro atoms. The van der Waals surface area contributed by atoms with E-state index in [4.69, 9.17) is 30.5 Å². The molecule has 1 atom stereocenters. The fraction of sp³-hybridized carbons (Fsp3) is 0.400. The molecule has 0 unspecified atom stereocenters. The van der Waals surface area contributed by atoms with Gasteiger partial charge in [0, 0.05) is 23.7 Å². The predicted octanol–water partition coefficient (Wildman–Crippen LogP) is 5.19. The lowest BCUT2D eigenvalue weighted by Gasteiger charge is -2.34. The number of morpholine rings is 1. The number of methoxy groups -OCH3 is 1. The van der Waals surface area contributed by atoms with Crippen molar-refractivity contribution in [1.29, 1.82) is 0 Å². The molecule has 36 heavy (non-hydrogen) atoms. The number of aromatic nitrogens is 2. The van der Waals surface area contributed by atoms with Gasteiger partial charge in [-0.05, 0) is 45.0 Å². The third kappa shape index (κ3) is 6.24. The van der Waals surface area contributed by atoms with Gasteiger partial charge in [-0.3, -0.25) is 0 Å². The number of carbonyl (C=O) groups excluding carboxylic acids is 1. The Morgan fingerprint density at radius 2 is 2.06 bits per heavy atom. The zero-order chi connectivity index (χ0) is 25.9. The number of anilines is 2. The summed E-state index contributed by atoms with van der Waals surface area (Å²) in [5.41, 5.74) is 0.611. The molecule has 1 aliphatic rings. The molecular formula is C25H28ClFN4O5. The summed E-state index contributed by atoms with van der Waals surface area (Å²) in [6, 6.07) is 7.81. The quantitative estimate of drug-likeness (QED) is 0.476. The molecule has 2 aromatic carbocycles. The van der Waals surface area contributed by atoms with Crippen molar-refractivity contribution >= 4 is 40.1 Å². The topological polar surface area (TPSA) is 95.0 Å². The number of nitrogens with zero attached hydrogens (tertiary/aromatic N) is 3. The highest BCUT2D eigenvalue weighted by atomic mass is 35.5. The molecule has 1 N–H and O–H groups in total. The summed E-state index contributed by atoms with van der Waals surface area (Å²) < 4.78 is 36.4. The molecule has 0 radical (unpaired) electrons. The Kier molecular flexibility index (Phi) is 7.65. The minimum absolute atomic E-state index is 0.00281. The van der Waals surface area contributed by atoms with Gasteiger partial charge in [-0.25, -0.2) is 19.2 Å². The Morgan fingerprint density at radius 1 is 1.25 bits per heavy atom. The van der Waals surface area contributed by atoms with E-state index < -0.39 is 11.4 Å². The molecule has 192 valence electrons. The first-order chi connectivity index (χ1) is 17.1. The summed E-state index contributed by atoms with van der Waals surface area (Å²) in [6.45, 7) is 6.84. The highest BCUT2D eigenvalue weighted by Gasteiger charge is 2.28. The van der Waals surface area contributed by atoms with Gasteiger partial charge in [0.05, 0.1) is 30.8 Å². The van der Waals surface area contributed by atoms with Gasteiger partial charge < -0.3 is 29.2 Å². The van der Waals surface area contributed by atoms with Gasteiger partial charge in [0.1, 0.15) is 36.3 Å². The molecule has 1 aromatic heterocycles. The Morgan fingerprint density at radius 3 is 2.78 bits per heavy atom. The predicted molar refractivity (Wildman–Crippen MR) is 134 cm³/mol. The molecule has 0 saturated carbocycles. The SMILES string of the molecule is COc1cc2ncnc(Nc3ccc(F)c(Cl)c3)c2cc1OC[C@H]1CN(C(=O)OC(C)(C)C)CCO1. The molecule has 3 aromatic rings. The van der Waals surface area contributed by atoms with Crippen LogP contribution in [0.2, 0.25) is 5.02 Å². The molecular weight excluding hydrogens is 491 g/mol. The second-order valence-electron chi connectivity index (χ2n) is 9.23. The maximum Gasteiger partial charge on any atom is 0.410 e. The van der Waals surface area contributed by atoms with Gasteiger partial charge in [-0.15, -0.1) is 0 Å².